The molecular weight excluding hydrogens is 934 g/mol. The molecule has 16 nitrogen and oxygen atoms in total. The van der Waals surface area contributed by atoms with Gasteiger partial charge in [0.05, 0.1) is 86.6 Å². The number of likely N-dealkylation sites (tertiary alicyclic amines) is 1. The summed E-state index contributed by atoms with van der Waals surface area (Å²) in [6.07, 6.45) is -0.592. The van der Waals surface area contributed by atoms with Crippen LogP contribution in [0.15, 0.2) is 73.1 Å². The van der Waals surface area contributed by atoms with Crippen LogP contribution in [0.5, 0.6) is 11.5 Å². The molecule has 3 amide bonds. The lowest BCUT2D eigenvalue weighted by atomic mass is 9.87. The van der Waals surface area contributed by atoms with E-state index in [0.717, 1.165) is 27.7 Å². The first-order chi connectivity index (χ1) is 34.5. The van der Waals surface area contributed by atoms with Crippen molar-refractivity contribution in [2.24, 2.45) is 17.8 Å². The molecule has 2 aliphatic heterocycles. The summed E-state index contributed by atoms with van der Waals surface area (Å²) in [5.74, 6) is 0.130. The molecule has 1 saturated carbocycles. The van der Waals surface area contributed by atoms with E-state index in [0.29, 0.717) is 60.0 Å². The van der Waals surface area contributed by atoms with E-state index < -0.39 is 66.7 Å². The molecular formula is C53H61F3N8O8. The van der Waals surface area contributed by atoms with Crippen LogP contribution in [0.25, 0.3) is 44.7 Å². The van der Waals surface area contributed by atoms with Gasteiger partial charge in [-0.2, -0.15) is 0 Å². The van der Waals surface area contributed by atoms with Crippen LogP contribution in [0, 0.1) is 23.6 Å². The van der Waals surface area contributed by atoms with Crippen molar-refractivity contribution in [2.45, 2.75) is 109 Å². The SMILES string of the molecule is COC(=O)NC(C(=O)N1CC(F)CC1c1ncc(-c2cc(F)c3c(c2)OC(c2cccc(OC)c2)n2c-3cc3cc(-c4cnc(C5CC(F)CC5CCC(O)C(NC(=O)OC)C(C)C)[nH]4)ccc32)[nH]1)C(C)C. The second-order valence-corrected chi connectivity index (χ2v) is 19.8. The summed E-state index contributed by atoms with van der Waals surface area (Å²) >= 11 is 0. The molecule has 2 fully saturated rings. The number of rotatable bonds is 15. The van der Waals surface area contributed by atoms with Crippen molar-refractivity contribution >= 4 is 29.0 Å². The fraction of sp³-hybridized carbons (Fsp3) is 0.453. The number of fused-ring (bicyclic) bond motifs is 5. The average Bonchev–Trinajstić information content (AvgIpc) is 4.23. The number of carbonyl (C=O) groups excluding carboxylic acids is 3. The molecule has 1 aliphatic carbocycles. The maximum Gasteiger partial charge on any atom is 0.407 e. The first-order valence-corrected chi connectivity index (χ1v) is 24.4. The molecule has 5 heterocycles. The number of amides is 3. The normalized spacial score (nSPS) is 21.8. The molecule has 0 spiro atoms. The summed E-state index contributed by atoms with van der Waals surface area (Å²) in [4.78, 5) is 55.3. The number of nitrogens with zero attached hydrogens (tertiary/aromatic N) is 4. The summed E-state index contributed by atoms with van der Waals surface area (Å²) < 4.78 is 71.0. The van der Waals surface area contributed by atoms with Crippen molar-refractivity contribution in [3.8, 4) is 45.3 Å². The maximum absolute atomic E-state index is 16.9. The van der Waals surface area contributed by atoms with E-state index in [9.17, 15) is 19.5 Å². The minimum absolute atomic E-state index is 0.0230. The Hall–Kier alpha value is -7.02. The number of alkyl carbamates (subject to hydrolysis) is 2. The Labute approximate surface area is 415 Å². The van der Waals surface area contributed by atoms with Crippen LogP contribution in [0.2, 0.25) is 0 Å². The van der Waals surface area contributed by atoms with Gasteiger partial charge in [-0.25, -0.2) is 32.7 Å². The Morgan fingerprint density at radius 2 is 1.57 bits per heavy atom. The van der Waals surface area contributed by atoms with Gasteiger partial charge < -0.3 is 54.1 Å². The predicted molar refractivity (Wildman–Crippen MR) is 262 cm³/mol. The molecule has 9 unspecified atom stereocenters. The van der Waals surface area contributed by atoms with Crippen LogP contribution in [-0.2, 0) is 14.3 Å². The van der Waals surface area contributed by atoms with Gasteiger partial charge in [-0.15, -0.1) is 0 Å². The fourth-order valence-corrected chi connectivity index (χ4v) is 10.8. The molecule has 72 heavy (non-hydrogen) atoms. The zero-order valence-electron chi connectivity index (χ0n) is 41.2. The highest BCUT2D eigenvalue weighted by molar-refractivity contribution is 5.93. The van der Waals surface area contributed by atoms with Gasteiger partial charge in [-0.05, 0) is 85.9 Å². The van der Waals surface area contributed by atoms with E-state index in [1.54, 1.807) is 33.2 Å². The molecule has 0 radical (unpaired) electrons. The Kier molecular flexibility index (Phi) is 14.3. The number of aromatic amines is 2. The number of methoxy groups -OCH3 is 3. The smallest absolute Gasteiger partial charge is 0.407 e. The van der Waals surface area contributed by atoms with Gasteiger partial charge in [0.2, 0.25) is 12.1 Å². The number of imidazole rings is 2. The van der Waals surface area contributed by atoms with Gasteiger partial charge in [0.1, 0.15) is 47.4 Å². The maximum atomic E-state index is 16.9. The number of alkyl halides is 2. The van der Waals surface area contributed by atoms with Crippen LogP contribution in [0.4, 0.5) is 22.8 Å². The summed E-state index contributed by atoms with van der Waals surface area (Å²) in [5.41, 5.74) is 4.68. The molecule has 1 saturated heterocycles. The summed E-state index contributed by atoms with van der Waals surface area (Å²) in [7, 11) is 4.06. The van der Waals surface area contributed by atoms with Gasteiger partial charge in [0.15, 0.2) is 0 Å². The van der Waals surface area contributed by atoms with Gasteiger partial charge in [0.25, 0.3) is 0 Å². The number of benzene rings is 3. The van der Waals surface area contributed by atoms with Gasteiger partial charge in [-0.3, -0.25) is 4.79 Å². The van der Waals surface area contributed by atoms with E-state index in [1.165, 1.54) is 31.4 Å². The average molecular weight is 995 g/mol. The van der Waals surface area contributed by atoms with Crippen molar-refractivity contribution in [3.05, 3.63) is 96.1 Å². The predicted octanol–water partition coefficient (Wildman–Crippen LogP) is 9.52. The molecule has 5 N–H and O–H groups in total. The molecule has 0 bridgehead atoms. The van der Waals surface area contributed by atoms with E-state index in [1.807, 2.05) is 66.9 Å². The first kappa shape index (κ1) is 49.9. The number of ether oxygens (including phenoxy) is 4. The lowest BCUT2D eigenvalue weighted by Gasteiger charge is -2.31. The lowest BCUT2D eigenvalue weighted by molar-refractivity contribution is -0.135. The molecule has 382 valence electrons. The Balaban J connectivity index is 1.01. The minimum Gasteiger partial charge on any atom is -0.497 e. The molecule has 3 aromatic carbocycles. The van der Waals surface area contributed by atoms with Crippen molar-refractivity contribution in [1.29, 1.82) is 0 Å². The van der Waals surface area contributed by atoms with Gasteiger partial charge in [0, 0.05) is 34.4 Å². The summed E-state index contributed by atoms with van der Waals surface area (Å²) in [5, 5.41) is 17.2. The molecule has 6 aromatic rings. The number of H-pyrrole nitrogens is 2. The zero-order chi connectivity index (χ0) is 51.1. The van der Waals surface area contributed by atoms with E-state index in [4.69, 9.17) is 23.9 Å². The van der Waals surface area contributed by atoms with Crippen LogP contribution in [0.3, 0.4) is 0 Å². The second-order valence-electron chi connectivity index (χ2n) is 19.8. The number of aromatic nitrogens is 5. The number of nitrogens with one attached hydrogen (secondary N) is 4. The summed E-state index contributed by atoms with van der Waals surface area (Å²) in [6, 6.07) is 16.1. The topological polar surface area (TPSA) is 198 Å². The van der Waals surface area contributed by atoms with Gasteiger partial charge >= 0.3 is 12.2 Å². The highest BCUT2D eigenvalue weighted by Crippen LogP contribution is 2.48. The van der Waals surface area contributed by atoms with E-state index in [-0.39, 0.29) is 48.0 Å². The molecule has 3 aliphatic rings. The number of hydrogen-bond acceptors (Lipinski definition) is 10. The number of aliphatic hydroxyl groups excluding tert-OH is 1. The number of hydrogen-bond donors (Lipinski definition) is 5. The van der Waals surface area contributed by atoms with Crippen molar-refractivity contribution < 1.29 is 51.6 Å². The van der Waals surface area contributed by atoms with Crippen molar-refractivity contribution in [2.75, 3.05) is 27.9 Å². The third-order valence-electron chi connectivity index (χ3n) is 14.5. The van der Waals surface area contributed by atoms with Gasteiger partial charge in [-0.1, -0.05) is 45.9 Å². The van der Waals surface area contributed by atoms with Crippen molar-refractivity contribution in [3.63, 3.8) is 0 Å². The number of carbonyl (C=O) groups is 3. The third kappa shape index (κ3) is 9.82. The largest absolute Gasteiger partial charge is 0.497 e. The number of aliphatic hydroxyl groups is 1. The Morgan fingerprint density at radius 1 is 0.847 bits per heavy atom. The zero-order valence-corrected chi connectivity index (χ0v) is 41.2. The van der Waals surface area contributed by atoms with Crippen LogP contribution >= 0.6 is 0 Å². The highest BCUT2D eigenvalue weighted by atomic mass is 19.1. The quantitative estimate of drug-likeness (QED) is 0.0661. The Bertz CT molecular complexity index is 2950. The molecule has 3 aromatic heterocycles. The monoisotopic (exact) mass is 994 g/mol. The first-order valence-electron chi connectivity index (χ1n) is 24.4. The van der Waals surface area contributed by atoms with Crippen molar-refractivity contribution in [1.82, 2.24) is 40.0 Å². The Morgan fingerprint density at radius 3 is 2.29 bits per heavy atom. The molecule has 9 atom stereocenters. The second kappa shape index (κ2) is 20.6. The van der Waals surface area contributed by atoms with E-state index in [2.05, 4.69) is 25.6 Å². The standard InChI is InChI=1S/C53H61F3N8O8/c1-26(2)46(61-52(67)70-6)43(65)14-12-28-16-33(54)21-36(28)48-57-23-38(59-48)29-11-13-40-32(15-29)19-41-45-37(56)18-31(20-44(45)72-51(64(40)41)30-9-8-10-35(17-30)69-5)39-24-58-49(60-39)42-22-34(55)25-63(42)50(66)47(27(3)4)62-53(68)71-7/h8-11,13,15,17-20,23-24,26-28,33-34,36,42-43,46-47,51,65H,12,14,16,21-22,25H2,1-7H3,(H,57,59)(H,58,60)(H,61,67)(H,62,68). The molecule has 9 rings (SSSR count). The van der Waals surface area contributed by atoms with Crippen LogP contribution < -0.4 is 20.1 Å². The summed E-state index contributed by atoms with van der Waals surface area (Å²) in [6.45, 7) is 7.17. The number of halogens is 3. The fourth-order valence-electron chi connectivity index (χ4n) is 10.8. The van der Waals surface area contributed by atoms with E-state index >= 15 is 13.2 Å². The molecule has 19 heteroatoms. The highest BCUT2D eigenvalue weighted by Gasteiger charge is 2.42. The van der Waals surface area contributed by atoms with Crippen LogP contribution in [0.1, 0.15) is 95.2 Å². The third-order valence-corrected chi connectivity index (χ3v) is 14.5. The lowest BCUT2D eigenvalue weighted by Crippen LogP contribution is -2.51. The van der Waals surface area contributed by atoms with Crippen LogP contribution in [-0.4, -0.2) is 111 Å². The minimum atomic E-state index is -1.34.